The van der Waals surface area contributed by atoms with Crippen molar-refractivity contribution in [1.29, 1.82) is 0 Å². The van der Waals surface area contributed by atoms with E-state index in [9.17, 15) is 0 Å². The summed E-state index contributed by atoms with van der Waals surface area (Å²) in [6.07, 6.45) is 6.38. The Bertz CT molecular complexity index is 292. The predicted octanol–water partition coefficient (Wildman–Crippen LogP) is 2.17. The van der Waals surface area contributed by atoms with Crippen LogP contribution in [-0.2, 0) is 4.74 Å². The second-order valence-corrected chi connectivity index (χ2v) is 4.01. The van der Waals surface area contributed by atoms with Gasteiger partial charge in [-0.2, -0.15) is 0 Å². The summed E-state index contributed by atoms with van der Waals surface area (Å²) < 4.78 is 5.59. The lowest BCUT2D eigenvalue weighted by Gasteiger charge is -2.09. The Hall–Kier alpha value is -0.610. The second kappa shape index (κ2) is 3.64. The SMILES string of the molecule is CSc1c(N)c[nH]c1C1CCCO1. The highest BCUT2D eigenvalue weighted by Crippen LogP contribution is 2.36. The molecule has 2 rings (SSSR count). The summed E-state index contributed by atoms with van der Waals surface area (Å²) >= 11 is 1.68. The normalized spacial score (nSPS) is 22.4. The highest BCUT2D eigenvalue weighted by atomic mass is 32.2. The number of aromatic amines is 1. The number of rotatable bonds is 2. The third-order valence-electron chi connectivity index (χ3n) is 2.35. The summed E-state index contributed by atoms with van der Waals surface area (Å²) in [5.74, 6) is 0. The summed E-state index contributed by atoms with van der Waals surface area (Å²) in [4.78, 5) is 4.34. The van der Waals surface area contributed by atoms with Crippen molar-refractivity contribution in [1.82, 2.24) is 4.98 Å². The van der Waals surface area contributed by atoms with Crippen LogP contribution in [-0.4, -0.2) is 17.8 Å². The maximum Gasteiger partial charge on any atom is 0.0985 e. The summed E-state index contributed by atoms with van der Waals surface area (Å²) in [6.45, 7) is 0.872. The number of anilines is 1. The molecule has 3 nitrogen and oxygen atoms in total. The molecule has 0 amide bonds. The Morgan fingerprint density at radius 3 is 3.15 bits per heavy atom. The first-order valence-corrected chi connectivity index (χ1v) is 5.67. The van der Waals surface area contributed by atoms with E-state index in [-0.39, 0.29) is 6.10 Å². The number of thioether (sulfide) groups is 1. The van der Waals surface area contributed by atoms with Crippen LogP contribution in [0.1, 0.15) is 24.6 Å². The highest BCUT2D eigenvalue weighted by molar-refractivity contribution is 7.98. The molecule has 1 unspecified atom stereocenters. The molecule has 1 aromatic rings. The number of aromatic nitrogens is 1. The van der Waals surface area contributed by atoms with Gasteiger partial charge in [-0.15, -0.1) is 11.8 Å². The lowest BCUT2D eigenvalue weighted by atomic mass is 10.2. The first-order chi connectivity index (χ1) is 6.33. The molecule has 1 saturated heterocycles. The molecule has 1 aliphatic rings. The Kier molecular flexibility index (Phi) is 2.51. The zero-order chi connectivity index (χ0) is 9.26. The van der Waals surface area contributed by atoms with Gasteiger partial charge in [-0.3, -0.25) is 0 Å². The van der Waals surface area contributed by atoms with Gasteiger partial charge in [0.2, 0.25) is 0 Å². The average molecular weight is 198 g/mol. The van der Waals surface area contributed by atoms with Crippen molar-refractivity contribution in [3.05, 3.63) is 11.9 Å². The van der Waals surface area contributed by atoms with Gasteiger partial charge in [0.05, 0.1) is 22.4 Å². The van der Waals surface area contributed by atoms with E-state index >= 15 is 0 Å². The fourth-order valence-electron chi connectivity index (χ4n) is 1.71. The molecule has 1 aliphatic heterocycles. The van der Waals surface area contributed by atoms with Crippen molar-refractivity contribution in [3.63, 3.8) is 0 Å². The molecule has 4 heteroatoms. The molecule has 1 aromatic heterocycles. The van der Waals surface area contributed by atoms with Gasteiger partial charge in [0.15, 0.2) is 0 Å². The summed E-state index contributed by atoms with van der Waals surface area (Å²) in [5.41, 5.74) is 7.80. The minimum atomic E-state index is 0.236. The monoisotopic (exact) mass is 198 g/mol. The first-order valence-electron chi connectivity index (χ1n) is 4.45. The van der Waals surface area contributed by atoms with Crippen molar-refractivity contribution in [2.45, 2.75) is 23.8 Å². The molecular weight excluding hydrogens is 184 g/mol. The molecule has 0 bridgehead atoms. The van der Waals surface area contributed by atoms with Crippen LogP contribution in [0.15, 0.2) is 11.1 Å². The fourth-order valence-corrected chi connectivity index (χ4v) is 2.42. The van der Waals surface area contributed by atoms with Gasteiger partial charge < -0.3 is 15.5 Å². The van der Waals surface area contributed by atoms with E-state index in [0.29, 0.717) is 0 Å². The maximum absolute atomic E-state index is 5.81. The minimum Gasteiger partial charge on any atom is -0.397 e. The molecule has 2 heterocycles. The Labute approximate surface area is 82.0 Å². The number of hydrogen-bond donors (Lipinski definition) is 2. The van der Waals surface area contributed by atoms with Crippen molar-refractivity contribution >= 4 is 17.4 Å². The fraction of sp³-hybridized carbons (Fsp3) is 0.556. The van der Waals surface area contributed by atoms with E-state index in [1.54, 1.807) is 11.8 Å². The van der Waals surface area contributed by atoms with Crippen LogP contribution in [0.4, 0.5) is 5.69 Å². The van der Waals surface area contributed by atoms with Crippen molar-refractivity contribution in [3.8, 4) is 0 Å². The molecule has 13 heavy (non-hydrogen) atoms. The molecule has 0 saturated carbocycles. The van der Waals surface area contributed by atoms with Gasteiger partial charge in [-0.05, 0) is 19.1 Å². The molecule has 1 atom stereocenters. The predicted molar refractivity (Wildman–Crippen MR) is 54.9 cm³/mol. The third kappa shape index (κ3) is 1.56. The topological polar surface area (TPSA) is 51.0 Å². The molecule has 0 radical (unpaired) electrons. The summed E-state index contributed by atoms with van der Waals surface area (Å²) in [5, 5.41) is 0. The third-order valence-corrected chi connectivity index (χ3v) is 3.21. The van der Waals surface area contributed by atoms with Gasteiger partial charge in [-0.25, -0.2) is 0 Å². The summed E-state index contributed by atoms with van der Waals surface area (Å²) in [7, 11) is 0. The maximum atomic E-state index is 5.81. The van der Waals surface area contributed by atoms with Crippen LogP contribution in [0, 0.1) is 0 Å². The quantitative estimate of drug-likeness (QED) is 0.716. The number of H-pyrrole nitrogens is 1. The van der Waals surface area contributed by atoms with Crippen LogP contribution >= 0.6 is 11.8 Å². The van der Waals surface area contributed by atoms with Gasteiger partial charge in [0, 0.05) is 12.8 Å². The van der Waals surface area contributed by atoms with Crippen molar-refractivity contribution in [2.75, 3.05) is 18.6 Å². The number of ether oxygens (including phenoxy) is 1. The minimum absolute atomic E-state index is 0.236. The van der Waals surface area contributed by atoms with Gasteiger partial charge in [-0.1, -0.05) is 0 Å². The lowest BCUT2D eigenvalue weighted by Crippen LogP contribution is -1.97. The molecule has 0 aromatic carbocycles. The smallest absolute Gasteiger partial charge is 0.0985 e. The Balaban J connectivity index is 2.27. The Morgan fingerprint density at radius 1 is 1.69 bits per heavy atom. The van der Waals surface area contributed by atoms with Crippen molar-refractivity contribution in [2.24, 2.45) is 0 Å². The molecule has 0 spiro atoms. The van der Waals surface area contributed by atoms with Crippen LogP contribution in [0.25, 0.3) is 0 Å². The zero-order valence-electron chi connectivity index (χ0n) is 7.67. The number of nitrogens with one attached hydrogen (secondary N) is 1. The van der Waals surface area contributed by atoms with Crippen molar-refractivity contribution < 1.29 is 4.74 Å². The van der Waals surface area contributed by atoms with E-state index in [2.05, 4.69) is 4.98 Å². The first kappa shape index (κ1) is 8.97. The second-order valence-electron chi connectivity index (χ2n) is 3.19. The van der Waals surface area contributed by atoms with Crippen LogP contribution in [0.2, 0.25) is 0 Å². The highest BCUT2D eigenvalue weighted by Gasteiger charge is 2.22. The van der Waals surface area contributed by atoms with Crippen LogP contribution in [0.5, 0.6) is 0 Å². The average Bonchev–Trinajstić information content (AvgIpc) is 2.71. The molecule has 1 fully saturated rings. The molecule has 72 valence electrons. The van der Waals surface area contributed by atoms with Gasteiger partial charge in [0.25, 0.3) is 0 Å². The standard InChI is InChI=1S/C9H14N2OS/c1-13-9-6(10)5-11-8(9)7-3-2-4-12-7/h5,7,11H,2-4,10H2,1H3. The number of nitrogen functional groups attached to an aromatic ring is 1. The van der Waals surface area contributed by atoms with E-state index in [0.717, 1.165) is 35.7 Å². The van der Waals surface area contributed by atoms with Crippen LogP contribution < -0.4 is 5.73 Å². The number of nitrogens with two attached hydrogens (primary N) is 1. The van der Waals surface area contributed by atoms with Crippen LogP contribution in [0.3, 0.4) is 0 Å². The van der Waals surface area contributed by atoms with Gasteiger partial charge >= 0.3 is 0 Å². The van der Waals surface area contributed by atoms with E-state index in [1.165, 1.54) is 0 Å². The molecule has 3 N–H and O–H groups in total. The Morgan fingerprint density at radius 2 is 2.54 bits per heavy atom. The van der Waals surface area contributed by atoms with E-state index in [4.69, 9.17) is 10.5 Å². The largest absolute Gasteiger partial charge is 0.397 e. The lowest BCUT2D eigenvalue weighted by molar-refractivity contribution is 0.107. The van der Waals surface area contributed by atoms with Gasteiger partial charge in [0.1, 0.15) is 0 Å². The van der Waals surface area contributed by atoms with E-state index in [1.807, 2.05) is 12.5 Å². The van der Waals surface area contributed by atoms with E-state index < -0.39 is 0 Å². The number of hydrogen-bond acceptors (Lipinski definition) is 3. The molecule has 0 aliphatic carbocycles. The zero-order valence-corrected chi connectivity index (χ0v) is 8.49. The summed E-state index contributed by atoms with van der Waals surface area (Å²) in [6, 6.07) is 0. The molecular formula is C9H14N2OS.